The molecule has 1 aliphatic rings. The lowest BCUT2D eigenvalue weighted by Gasteiger charge is -2.33. The van der Waals surface area contributed by atoms with Crippen LogP contribution >= 0.6 is 0 Å². The van der Waals surface area contributed by atoms with E-state index in [9.17, 15) is 9.00 Å². The van der Waals surface area contributed by atoms with Gasteiger partial charge < -0.3 is 4.90 Å². The second kappa shape index (κ2) is 6.50. The topological polar surface area (TPSA) is 40.6 Å². The Morgan fingerprint density at radius 2 is 1.65 bits per heavy atom. The minimum Gasteiger partial charge on any atom is -0.340 e. The molecule has 1 unspecified atom stereocenters. The number of nitrogens with zero attached hydrogens (tertiary/aromatic N) is 2. The zero-order chi connectivity index (χ0) is 14.7. The van der Waals surface area contributed by atoms with Crippen molar-refractivity contribution in [2.45, 2.75) is 31.6 Å². The maximum atomic E-state index is 12.5. The fourth-order valence-corrected chi connectivity index (χ4v) is 3.45. The van der Waals surface area contributed by atoms with Crippen molar-refractivity contribution in [2.75, 3.05) is 26.2 Å². The van der Waals surface area contributed by atoms with E-state index in [0.717, 1.165) is 4.90 Å². The number of hydrogen-bond donors (Lipinski definition) is 0. The fourth-order valence-electron chi connectivity index (χ4n) is 2.29. The van der Waals surface area contributed by atoms with Crippen molar-refractivity contribution in [3.05, 3.63) is 29.8 Å². The molecule has 1 amide bonds. The number of carbonyl (C=O) groups excluding carboxylic acids is 1. The molecule has 110 valence electrons. The molecule has 1 aliphatic heterocycles. The highest BCUT2D eigenvalue weighted by Gasteiger charge is 2.23. The highest BCUT2D eigenvalue weighted by molar-refractivity contribution is 7.82. The van der Waals surface area contributed by atoms with Gasteiger partial charge in [-0.1, -0.05) is 26.0 Å². The molecule has 1 aromatic rings. The van der Waals surface area contributed by atoms with Crippen LogP contribution in [0.15, 0.2) is 29.2 Å². The molecule has 0 spiro atoms. The molecule has 0 saturated carbocycles. The average molecular weight is 294 g/mol. The average Bonchev–Trinajstić information content (AvgIpc) is 2.46. The first kappa shape index (κ1) is 15.2. The Morgan fingerprint density at radius 1 is 1.10 bits per heavy atom. The van der Waals surface area contributed by atoms with Crippen molar-refractivity contribution in [2.24, 2.45) is 0 Å². The van der Waals surface area contributed by atoms with Gasteiger partial charge in [-0.3, -0.25) is 4.79 Å². The van der Waals surface area contributed by atoms with Crippen LogP contribution in [0, 0.1) is 0 Å². The molecular weight excluding hydrogens is 272 g/mol. The number of piperazine rings is 1. The third-order valence-corrected chi connectivity index (χ3v) is 5.18. The molecule has 0 bridgehead atoms. The Kier molecular flexibility index (Phi) is 4.94. The quantitative estimate of drug-likeness (QED) is 0.855. The van der Waals surface area contributed by atoms with Gasteiger partial charge in [0.1, 0.15) is 11.0 Å². The van der Waals surface area contributed by atoms with Crippen molar-refractivity contribution >= 4 is 16.9 Å². The van der Waals surface area contributed by atoms with Gasteiger partial charge in [-0.15, -0.1) is 0 Å². The van der Waals surface area contributed by atoms with Crippen LogP contribution < -0.4 is 0 Å². The van der Waals surface area contributed by atoms with E-state index in [1.807, 2.05) is 28.6 Å². The van der Waals surface area contributed by atoms with Crippen LogP contribution in [0.2, 0.25) is 0 Å². The highest BCUT2D eigenvalue weighted by Crippen LogP contribution is 2.18. The van der Waals surface area contributed by atoms with Gasteiger partial charge in [0.25, 0.3) is 0 Å². The minimum absolute atomic E-state index is 0.0942. The number of amides is 1. The van der Waals surface area contributed by atoms with Crippen molar-refractivity contribution in [3.8, 4) is 0 Å². The summed E-state index contributed by atoms with van der Waals surface area (Å²) >= 11 is 0. The van der Waals surface area contributed by atoms with Gasteiger partial charge in [-0.05, 0) is 23.6 Å². The first-order valence-electron chi connectivity index (χ1n) is 7.01. The van der Waals surface area contributed by atoms with Gasteiger partial charge in [-0.2, -0.15) is 0 Å². The van der Waals surface area contributed by atoms with Crippen LogP contribution in [-0.4, -0.2) is 45.5 Å². The summed E-state index contributed by atoms with van der Waals surface area (Å²) in [6.07, 6.45) is 0. The summed E-state index contributed by atoms with van der Waals surface area (Å²) in [5.74, 6) is 0.577. The molecule has 0 aromatic heterocycles. The third-order valence-electron chi connectivity index (χ3n) is 3.67. The Labute approximate surface area is 123 Å². The summed E-state index contributed by atoms with van der Waals surface area (Å²) in [6, 6.07) is 7.99. The van der Waals surface area contributed by atoms with Gasteiger partial charge in [0.15, 0.2) is 0 Å². The van der Waals surface area contributed by atoms with Crippen molar-refractivity contribution < 1.29 is 9.00 Å². The largest absolute Gasteiger partial charge is 0.340 e. The van der Waals surface area contributed by atoms with E-state index in [2.05, 4.69) is 13.8 Å². The summed E-state index contributed by atoms with van der Waals surface area (Å²) in [5, 5.41) is 0. The molecule has 1 atom stereocenters. The summed E-state index contributed by atoms with van der Waals surface area (Å²) in [7, 11) is -1.12. The van der Waals surface area contributed by atoms with Crippen molar-refractivity contribution in [1.29, 1.82) is 0 Å². The van der Waals surface area contributed by atoms with E-state index in [-0.39, 0.29) is 5.91 Å². The van der Waals surface area contributed by atoms with E-state index in [1.54, 1.807) is 11.8 Å². The molecule has 1 saturated heterocycles. The van der Waals surface area contributed by atoms with E-state index in [0.29, 0.717) is 32.1 Å². The lowest BCUT2D eigenvalue weighted by molar-refractivity contribution is -0.129. The van der Waals surface area contributed by atoms with E-state index < -0.39 is 11.0 Å². The first-order valence-corrected chi connectivity index (χ1v) is 8.12. The molecule has 1 heterocycles. The number of benzene rings is 1. The SMILES string of the molecule is CC(=O)N1CCN(S(=O)c2ccc(C(C)C)cc2)CC1. The maximum Gasteiger partial charge on any atom is 0.219 e. The smallest absolute Gasteiger partial charge is 0.219 e. The van der Waals surface area contributed by atoms with Crippen LogP contribution in [0.4, 0.5) is 0 Å². The molecule has 1 aromatic carbocycles. The van der Waals surface area contributed by atoms with Gasteiger partial charge >= 0.3 is 0 Å². The number of hydrogen-bond acceptors (Lipinski definition) is 2. The van der Waals surface area contributed by atoms with E-state index in [4.69, 9.17) is 0 Å². The predicted octanol–water partition coefficient (Wildman–Crippen LogP) is 2.00. The van der Waals surface area contributed by atoms with Crippen molar-refractivity contribution in [3.63, 3.8) is 0 Å². The Balaban J connectivity index is 2.00. The van der Waals surface area contributed by atoms with E-state index >= 15 is 0 Å². The molecule has 5 heteroatoms. The second-order valence-electron chi connectivity index (χ2n) is 5.41. The third kappa shape index (κ3) is 3.46. The molecule has 4 nitrogen and oxygen atoms in total. The standard InChI is InChI=1S/C15H22N2O2S/c1-12(2)14-4-6-15(7-5-14)20(19)17-10-8-16(9-11-17)13(3)18/h4-7,12H,8-11H2,1-3H3. The molecule has 2 rings (SSSR count). The zero-order valence-corrected chi connectivity index (χ0v) is 13.2. The van der Waals surface area contributed by atoms with Crippen LogP contribution in [0.3, 0.4) is 0 Å². The minimum atomic E-state index is -1.12. The lowest BCUT2D eigenvalue weighted by atomic mass is 10.0. The molecular formula is C15H22N2O2S. The molecule has 0 N–H and O–H groups in total. The Hall–Kier alpha value is -1.20. The maximum absolute atomic E-state index is 12.5. The van der Waals surface area contributed by atoms with Gasteiger partial charge in [0.2, 0.25) is 5.91 Å². The van der Waals surface area contributed by atoms with Crippen LogP contribution in [0.5, 0.6) is 0 Å². The van der Waals surface area contributed by atoms with Gasteiger partial charge in [0, 0.05) is 33.1 Å². The molecule has 1 fully saturated rings. The predicted molar refractivity (Wildman–Crippen MR) is 80.8 cm³/mol. The first-order chi connectivity index (χ1) is 9.49. The van der Waals surface area contributed by atoms with Crippen LogP contribution in [0.1, 0.15) is 32.3 Å². The number of rotatable bonds is 3. The summed E-state index contributed by atoms with van der Waals surface area (Å²) < 4.78 is 14.4. The summed E-state index contributed by atoms with van der Waals surface area (Å²) in [5.41, 5.74) is 1.26. The monoisotopic (exact) mass is 294 g/mol. The second-order valence-corrected chi connectivity index (χ2v) is 6.89. The Morgan fingerprint density at radius 3 is 2.10 bits per heavy atom. The zero-order valence-electron chi connectivity index (χ0n) is 12.3. The van der Waals surface area contributed by atoms with Gasteiger partial charge in [-0.25, -0.2) is 8.51 Å². The molecule has 20 heavy (non-hydrogen) atoms. The Bertz CT molecular complexity index is 491. The van der Waals surface area contributed by atoms with Gasteiger partial charge in [0.05, 0.1) is 4.90 Å². The van der Waals surface area contributed by atoms with E-state index in [1.165, 1.54) is 5.56 Å². The van der Waals surface area contributed by atoms with Crippen molar-refractivity contribution in [1.82, 2.24) is 9.21 Å². The van der Waals surface area contributed by atoms with Crippen LogP contribution in [-0.2, 0) is 15.8 Å². The highest BCUT2D eigenvalue weighted by atomic mass is 32.2. The summed E-state index contributed by atoms with van der Waals surface area (Å²) in [4.78, 5) is 13.9. The van der Waals surface area contributed by atoms with Crippen LogP contribution in [0.25, 0.3) is 0 Å². The normalized spacial score (nSPS) is 18.3. The number of carbonyl (C=O) groups is 1. The lowest BCUT2D eigenvalue weighted by Crippen LogP contribution is -2.48. The fraction of sp³-hybridized carbons (Fsp3) is 0.533. The molecule has 0 aliphatic carbocycles. The summed E-state index contributed by atoms with van der Waals surface area (Å²) in [6.45, 7) is 8.52. The molecule has 0 radical (unpaired) electrons.